The molecule has 0 bridgehead atoms. The summed E-state index contributed by atoms with van der Waals surface area (Å²) < 4.78 is 0.631. The summed E-state index contributed by atoms with van der Waals surface area (Å²) in [5.41, 5.74) is 0.418. The van der Waals surface area contributed by atoms with Crippen LogP contribution < -0.4 is 5.32 Å². The van der Waals surface area contributed by atoms with E-state index in [4.69, 9.17) is 0 Å². The zero-order chi connectivity index (χ0) is 15.5. The van der Waals surface area contributed by atoms with Crippen molar-refractivity contribution in [1.82, 2.24) is 20.1 Å². The first-order valence-corrected chi connectivity index (χ1v) is 8.51. The summed E-state index contributed by atoms with van der Waals surface area (Å²) in [5.74, 6) is -0.449. The van der Waals surface area contributed by atoms with Crippen LogP contribution >= 0.6 is 27.3 Å². The molecule has 1 fully saturated rings. The number of likely N-dealkylation sites (tertiary alicyclic amines) is 1. The number of hydrogen-bond acceptors (Lipinski definition) is 5. The van der Waals surface area contributed by atoms with E-state index in [9.17, 15) is 9.59 Å². The van der Waals surface area contributed by atoms with Crippen molar-refractivity contribution in [2.75, 3.05) is 18.4 Å². The first-order chi connectivity index (χ1) is 10.6. The summed E-state index contributed by atoms with van der Waals surface area (Å²) in [6.07, 6.45) is 4.76. The molecule has 116 valence electrons. The van der Waals surface area contributed by atoms with E-state index >= 15 is 0 Å². The van der Waals surface area contributed by atoms with Gasteiger partial charge in [-0.1, -0.05) is 0 Å². The Hall–Kier alpha value is -1.74. The van der Waals surface area contributed by atoms with Crippen molar-refractivity contribution >= 4 is 44.2 Å². The monoisotopic (exact) mass is 383 g/mol. The third kappa shape index (κ3) is 3.20. The van der Waals surface area contributed by atoms with Crippen LogP contribution in [0.25, 0.3) is 0 Å². The number of anilines is 1. The summed E-state index contributed by atoms with van der Waals surface area (Å²) >= 11 is 4.67. The molecular weight excluding hydrogens is 370 g/mol. The van der Waals surface area contributed by atoms with Gasteiger partial charge >= 0.3 is 0 Å². The number of aromatic amines is 1. The molecule has 2 N–H and O–H groups in total. The second-order valence-corrected chi connectivity index (χ2v) is 6.76. The summed E-state index contributed by atoms with van der Waals surface area (Å²) in [6.45, 7) is 1.05. The van der Waals surface area contributed by atoms with Crippen LogP contribution in [0.15, 0.2) is 22.2 Å². The predicted molar refractivity (Wildman–Crippen MR) is 85.7 cm³/mol. The number of hydrogen-bond donors (Lipinski definition) is 2. The Morgan fingerprint density at radius 3 is 3.05 bits per heavy atom. The second kappa shape index (κ2) is 6.57. The van der Waals surface area contributed by atoms with Crippen molar-refractivity contribution in [1.29, 1.82) is 0 Å². The van der Waals surface area contributed by atoms with Crippen molar-refractivity contribution in [2.24, 2.45) is 5.92 Å². The Labute approximate surface area is 139 Å². The van der Waals surface area contributed by atoms with Gasteiger partial charge in [0.15, 0.2) is 5.13 Å². The topological polar surface area (TPSA) is 91.0 Å². The number of piperidine rings is 1. The molecule has 1 atom stereocenters. The van der Waals surface area contributed by atoms with Gasteiger partial charge < -0.3 is 10.2 Å². The van der Waals surface area contributed by atoms with Crippen molar-refractivity contribution in [3.05, 3.63) is 27.9 Å². The molecule has 0 aromatic carbocycles. The van der Waals surface area contributed by atoms with E-state index in [2.05, 4.69) is 36.4 Å². The SMILES string of the molecule is O=C(Nc1nccs1)C1CCCN(C(=O)c2[nH]ncc2Br)C1. The Kier molecular flexibility index (Phi) is 4.53. The summed E-state index contributed by atoms with van der Waals surface area (Å²) in [7, 11) is 0. The van der Waals surface area contributed by atoms with Gasteiger partial charge in [-0.15, -0.1) is 11.3 Å². The van der Waals surface area contributed by atoms with Gasteiger partial charge in [-0.2, -0.15) is 5.10 Å². The average molecular weight is 384 g/mol. The van der Waals surface area contributed by atoms with Crippen LogP contribution in [0.1, 0.15) is 23.3 Å². The molecule has 1 aliphatic rings. The number of nitrogens with one attached hydrogen (secondary N) is 2. The van der Waals surface area contributed by atoms with Crippen molar-refractivity contribution in [3.63, 3.8) is 0 Å². The lowest BCUT2D eigenvalue weighted by atomic mass is 9.97. The molecular formula is C13H14BrN5O2S. The number of aromatic nitrogens is 3. The van der Waals surface area contributed by atoms with E-state index < -0.39 is 0 Å². The van der Waals surface area contributed by atoms with Gasteiger partial charge in [-0.3, -0.25) is 14.7 Å². The van der Waals surface area contributed by atoms with Gasteiger partial charge in [0, 0.05) is 24.7 Å². The quantitative estimate of drug-likeness (QED) is 0.848. The van der Waals surface area contributed by atoms with Crippen LogP contribution in [0.3, 0.4) is 0 Å². The molecule has 7 nitrogen and oxygen atoms in total. The van der Waals surface area contributed by atoms with Crippen molar-refractivity contribution in [2.45, 2.75) is 12.8 Å². The first-order valence-electron chi connectivity index (χ1n) is 6.83. The number of thiazole rings is 1. The fourth-order valence-corrected chi connectivity index (χ4v) is 3.34. The standard InChI is InChI=1S/C13H14BrN5O2S/c14-9-6-16-18-10(9)12(21)19-4-1-2-8(7-19)11(20)17-13-15-3-5-22-13/h3,5-6,8H,1-2,4,7H2,(H,16,18)(H,15,17,20). The molecule has 1 saturated heterocycles. The predicted octanol–water partition coefficient (Wildman–Crippen LogP) is 2.12. The fourth-order valence-electron chi connectivity index (χ4n) is 2.45. The van der Waals surface area contributed by atoms with E-state index in [1.807, 2.05) is 5.38 Å². The first kappa shape index (κ1) is 15.2. The van der Waals surface area contributed by atoms with Gasteiger partial charge in [-0.25, -0.2) is 4.98 Å². The smallest absolute Gasteiger partial charge is 0.273 e. The molecule has 2 amide bonds. The van der Waals surface area contributed by atoms with Crippen molar-refractivity contribution in [3.8, 4) is 0 Å². The number of carbonyl (C=O) groups is 2. The van der Waals surface area contributed by atoms with Gasteiger partial charge in [0.2, 0.25) is 5.91 Å². The van der Waals surface area contributed by atoms with E-state index in [-0.39, 0.29) is 17.7 Å². The molecule has 1 aliphatic heterocycles. The van der Waals surface area contributed by atoms with E-state index in [0.29, 0.717) is 28.4 Å². The summed E-state index contributed by atoms with van der Waals surface area (Å²) in [4.78, 5) is 30.5. The number of amides is 2. The fraction of sp³-hybridized carbons (Fsp3) is 0.385. The maximum absolute atomic E-state index is 12.4. The highest BCUT2D eigenvalue weighted by atomic mass is 79.9. The lowest BCUT2D eigenvalue weighted by Crippen LogP contribution is -2.44. The number of carbonyl (C=O) groups excluding carboxylic acids is 2. The van der Waals surface area contributed by atoms with Crippen LogP contribution in [-0.2, 0) is 4.79 Å². The lowest BCUT2D eigenvalue weighted by molar-refractivity contribution is -0.121. The van der Waals surface area contributed by atoms with Gasteiger partial charge in [0.1, 0.15) is 5.69 Å². The molecule has 1 unspecified atom stereocenters. The minimum absolute atomic E-state index is 0.0869. The Bertz CT molecular complexity index is 672. The molecule has 2 aromatic heterocycles. The molecule has 3 rings (SSSR count). The molecule has 3 heterocycles. The summed E-state index contributed by atoms with van der Waals surface area (Å²) in [6, 6.07) is 0. The molecule has 0 radical (unpaired) electrons. The molecule has 0 aliphatic carbocycles. The van der Waals surface area contributed by atoms with E-state index in [0.717, 1.165) is 12.8 Å². The van der Waals surface area contributed by atoms with Gasteiger partial charge in [0.25, 0.3) is 5.91 Å². The molecule has 2 aromatic rings. The third-order valence-corrected chi connectivity index (χ3v) is 4.84. The summed E-state index contributed by atoms with van der Waals surface area (Å²) in [5, 5.41) is 11.7. The minimum atomic E-state index is -0.219. The lowest BCUT2D eigenvalue weighted by Gasteiger charge is -2.31. The normalized spacial score (nSPS) is 18.2. The van der Waals surface area contributed by atoms with Crippen LogP contribution in [-0.4, -0.2) is 45.0 Å². The van der Waals surface area contributed by atoms with Crippen LogP contribution in [0, 0.1) is 5.92 Å². The number of H-pyrrole nitrogens is 1. The van der Waals surface area contributed by atoms with Gasteiger partial charge in [-0.05, 0) is 28.8 Å². The number of halogens is 1. The average Bonchev–Trinajstić information content (AvgIpc) is 3.18. The highest BCUT2D eigenvalue weighted by Crippen LogP contribution is 2.22. The van der Waals surface area contributed by atoms with E-state index in [1.165, 1.54) is 11.3 Å². The van der Waals surface area contributed by atoms with Crippen LogP contribution in [0.5, 0.6) is 0 Å². The zero-order valence-electron chi connectivity index (χ0n) is 11.6. The van der Waals surface area contributed by atoms with Gasteiger partial charge in [0.05, 0.1) is 16.6 Å². The molecule has 9 heteroatoms. The number of rotatable bonds is 3. The van der Waals surface area contributed by atoms with Crippen LogP contribution in [0.4, 0.5) is 5.13 Å². The van der Waals surface area contributed by atoms with Crippen LogP contribution in [0.2, 0.25) is 0 Å². The minimum Gasteiger partial charge on any atom is -0.336 e. The highest BCUT2D eigenvalue weighted by molar-refractivity contribution is 9.10. The van der Waals surface area contributed by atoms with Crippen molar-refractivity contribution < 1.29 is 9.59 Å². The van der Waals surface area contributed by atoms with E-state index in [1.54, 1.807) is 17.3 Å². The molecule has 22 heavy (non-hydrogen) atoms. The highest BCUT2D eigenvalue weighted by Gasteiger charge is 2.30. The second-order valence-electron chi connectivity index (χ2n) is 5.01. The Balaban J connectivity index is 1.65. The Morgan fingerprint density at radius 2 is 2.36 bits per heavy atom. The maximum atomic E-state index is 12.4. The third-order valence-electron chi connectivity index (χ3n) is 3.55. The molecule has 0 saturated carbocycles. The number of nitrogens with zero attached hydrogens (tertiary/aromatic N) is 3. The Morgan fingerprint density at radius 1 is 1.50 bits per heavy atom. The maximum Gasteiger partial charge on any atom is 0.273 e. The zero-order valence-corrected chi connectivity index (χ0v) is 14.0. The largest absolute Gasteiger partial charge is 0.336 e. The molecule has 0 spiro atoms.